The van der Waals surface area contributed by atoms with Crippen molar-refractivity contribution in [2.45, 2.75) is 17.5 Å². The Morgan fingerprint density at radius 1 is 1.41 bits per heavy atom. The molecule has 8 nitrogen and oxygen atoms in total. The van der Waals surface area contributed by atoms with Crippen molar-refractivity contribution in [3.8, 4) is 0 Å². The Labute approximate surface area is 129 Å². The molecule has 1 aliphatic heterocycles. The lowest BCUT2D eigenvalue weighted by molar-refractivity contribution is 0.162. The molecule has 0 radical (unpaired) electrons. The predicted octanol–water partition coefficient (Wildman–Crippen LogP) is 0.0881. The van der Waals surface area contributed by atoms with Gasteiger partial charge in [-0.15, -0.1) is 0 Å². The van der Waals surface area contributed by atoms with Gasteiger partial charge in [-0.2, -0.15) is 9.40 Å². The first kappa shape index (κ1) is 15.2. The zero-order chi connectivity index (χ0) is 15.9. The molecule has 3 heterocycles. The highest BCUT2D eigenvalue weighted by atomic mass is 32.2. The first-order valence-corrected chi connectivity index (χ1v) is 8.35. The Kier molecular flexibility index (Phi) is 3.79. The summed E-state index contributed by atoms with van der Waals surface area (Å²) in [5.41, 5.74) is 1.95. The first-order valence-electron chi connectivity index (χ1n) is 6.91. The summed E-state index contributed by atoms with van der Waals surface area (Å²) >= 11 is 0. The van der Waals surface area contributed by atoms with Crippen LogP contribution >= 0.6 is 0 Å². The Bertz CT molecular complexity index is 779. The second kappa shape index (κ2) is 5.49. The molecule has 120 valence electrons. The van der Waals surface area contributed by atoms with Crippen molar-refractivity contribution in [1.82, 2.24) is 23.6 Å². The lowest BCUT2D eigenvalue weighted by Gasteiger charge is -2.31. The molecule has 9 heteroatoms. The van der Waals surface area contributed by atoms with Crippen LogP contribution in [0.25, 0.3) is 0 Å². The van der Waals surface area contributed by atoms with Crippen molar-refractivity contribution < 1.29 is 13.2 Å². The second-order valence-electron chi connectivity index (χ2n) is 5.50. The van der Waals surface area contributed by atoms with Gasteiger partial charge in [0.15, 0.2) is 5.03 Å². The van der Waals surface area contributed by atoms with Crippen LogP contribution in [0.4, 0.5) is 0 Å². The topological polar surface area (TPSA) is 82.2 Å². The predicted molar refractivity (Wildman–Crippen MR) is 78.6 cm³/mol. The van der Waals surface area contributed by atoms with E-state index in [0.29, 0.717) is 19.7 Å². The minimum atomic E-state index is -3.63. The SMILES string of the molecule is COC[C@@H]1CN(S(=O)(=O)c2cn(C)cn2)Cc2c1cnn2C. The minimum absolute atomic E-state index is 0.0269. The lowest BCUT2D eigenvalue weighted by atomic mass is 9.97. The zero-order valence-electron chi connectivity index (χ0n) is 12.8. The summed E-state index contributed by atoms with van der Waals surface area (Å²) in [7, 11) is 1.55. The molecule has 0 spiro atoms. The maximum Gasteiger partial charge on any atom is 0.262 e. The van der Waals surface area contributed by atoms with E-state index in [-0.39, 0.29) is 10.9 Å². The summed E-state index contributed by atoms with van der Waals surface area (Å²) in [5, 5.41) is 4.31. The summed E-state index contributed by atoms with van der Waals surface area (Å²) in [6, 6.07) is 0. The molecule has 0 saturated heterocycles. The Morgan fingerprint density at radius 3 is 2.82 bits per heavy atom. The number of methoxy groups -OCH3 is 1. The van der Waals surface area contributed by atoms with Crippen molar-refractivity contribution in [1.29, 1.82) is 0 Å². The summed E-state index contributed by atoms with van der Waals surface area (Å²) in [4.78, 5) is 3.98. The van der Waals surface area contributed by atoms with Gasteiger partial charge in [0, 0.05) is 45.4 Å². The van der Waals surface area contributed by atoms with Crippen LogP contribution in [-0.4, -0.2) is 52.3 Å². The van der Waals surface area contributed by atoms with Gasteiger partial charge in [-0.05, 0) is 0 Å². The van der Waals surface area contributed by atoms with Gasteiger partial charge in [0.1, 0.15) is 0 Å². The summed E-state index contributed by atoms with van der Waals surface area (Å²) in [6.07, 6.45) is 4.79. The molecule has 1 atom stereocenters. The molecule has 0 saturated carbocycles. The molecule has 0 unspecified atom stereocenters. The molecule has 3 rings (SSSR count). The fourth-order valence-electron chi connectivity index (χ4n) is 2.77. The molecule has 0 fully saturated rings. The molecular formula is C13H19N5O3S. The minimum Gasteiger partial charge on any atom is -0.384 e. The van der Waals surface area contributed by atoms with Crippen LogP contribution in [0.3, 0.4) is 0 Å². The van der Waals surface area contributed by atoms with E-state index < -0.39 is 10.0 Å². The number of fused-ring (bicyclic) bond motifs is 1. The number of hydrogen-bond acceptors (Lipinski definition) is 5. The van der Waals surface area contributed by atoms with Crippen molar-refractivity contribution >= 4 is 10.0 Å². The van der Waals surface area contributed by atoms with Gasteiger partial charge in [0.25, 0.3) is 10.0 Å². The molecule has 0 bridgehead atoms. The van der Waals surface area contributed by atoms with Crippen LogP contribution in [0.5, 0.6) is 0 Å². The van der Waals surface area contributed by atoms with Gasteiger partial charge >= 0.3 is 0 Å². The number of aromatic nitrogens is 4. The fraction of sp³-hybridized carbons (Fsp3) is 0.538. The fourth-order valence-corrected chi connectivity index (χ4v) is 4.18. The van der Waals surface area contributed by atoms with Gasteiger partial charge in [-0.25, -0.2) is 13.4 Å². The molecule has 0 aromatic carbocycles. The van der Waals surface area contributed by atoms with Crippen LogP contribution in [-0.2, 0) is 35.4 Å². The smallest absolute Gasteiger partial charge is 0.262 e. The molecule has 22 heavy (non-hydrogen) atoms. The largest absolute Gasteiger partial charge is 0.384 e. The van der Waals surface area contributed by atoms with Crippen LogP contribution in [0.2, 0.25) is 0 Å². The number of hydrogen-bond donors (Lipinski definition) is 0. The molecule has 2 aromatic rings. The lowest BCUT2D eigenvalue weighted by Crippen LogP contribution is -2.40. The van der Waals surface area contributed by atoms with E-state index in [4.69, 9.17) is 4.74 Å². The number of ether oxygens (including phenoxy) is 1. The van der Waals surface area contributed by atoms with Crippen LogP contribution < -0.4 is 0 Å². The van der Waals surface area contributed by atoms with Crippen molar-refractivity contribution in [2.75, 3.05) is 20.3 Å². The van der Waals surface area contributed by atoms with E-state index in [9.17, 15) is 8.42 Å². The zero-order valence-corrected chi connectivity index (χ0v) is 13.6. The summed E-state index contributed by atoms with van der Waals surface area (Å²) in [6.45, 7) is 1.11. The average Bonchev–Trinajstić information content (AvgIpc) is 3.07. The number of nitrogens with zero attached hydrogens (tertiary/aromatic N) is 5. The van der Waals surface area contributed by atoms with Crippen LogP contribution in [0.1, 0.15) is 17.2 Å². The number of imidazole rings is 1. The van der Waals surface area contributed by atoms with E-state index in [0.717, 1.165) is 11.3 Å². The van der Waals surface area contributed by atoms with Gasteiger partial charge < -0.3 is 9.30 Å². The Balaban J connectivity index is 1.98. The number of rotatable bonds is 4. The van der Waals surface area contributed by atoms with E-state index in [1.807, 2.05) is 7.05 Å². The standard InChI is InChI=1S/C13H19N5O3S/c1-16-7-13(14-9-16)22(19,20)18-5-10(8-21-3)11-4-15-17(2)12(11)6-18/h4,7,9-10H,5-6,8H2,1-3H3/t10-/m0/s1. The molecule has 0 amide bonds. The highest BCUT2D eigenvalue weighted by molar-refractivity contribution is 7.89. The highest BCUT2D eigenvalue weighted by Crippen LogP contribution is 2.31. The summed E-state index contributed by atoms with van der Waals surface area (Å²) in [5.74, 6) is -0.0269. The van der Waals surface area contributed by atoms with Crippen LogP contribution in [0.15, 0.2) is 23.7 Å². The molecule has 0 aliphatic carbocycles. The monoisotopic (exact) mass is 325 g/mol. The number of sulfonamides is 1. The van der Waals surface area contributed by atoms with Gasteiger partial charge in [0.2, 0.25) is 0 Å². The van der Waals surface area contributed by atoms with Crippen molar-refractivity contribution in [2.24, 2.45) is 14.1 Å². The highest BCUT2D eigenvalue weighted by Gasteiger charge is 2.36. The maximum absolute atomic E-state index is 12.8. The third-order valence-electron chi connectivity index (χ3n) is 3.94. The van der Waals surface area contributed by atoms with E-state index in [1.165, 1.54) is 16.8 Å². The first-order chi connectivity index (χ1) is 10.4. The number of aryl methyl sites for hydroxylation is 2. The Hall–Kier alpha value is -1.71. The van der Waals surface area contributed by atoms with Crippen molar-refractivity contribution in [3.05, 3.63) is 30.0 Å². The van der Waals surface area contributed by atoms with Crippen molar-refractivity contribution in [3.63, 3.8) is 0 Å². The normalized spacial score (nSPS) is 19.3. The molecule has 1 aliphatic rings. The Morgan fingerprint density at radius 2 is 2.18 bits per heavy atom. The van der Waals surface area contributed by atoms with Gasteiger partial charge in [0.05, 0.1) is 31.4 Å². The third-order valence-corrected chi connectivity index (χ3v) is 5.63. The van der Waals surface area contributed by atoms with Gasteiger partial charge in [-0.1, -0.05) is 0 Å². The van der Waals surface area contributed by atoms with Gasteiger partial charge in [-0.3, -0.25) is 4.68 Å². The second-order valence-corrected chi connectivity index (χ2v) is 7.38. The maximum atomic E-state index is 12.8. The average molecular weight is 325 g/mol. The third kappa shape index (κ3) is 2.44. The van der Waals surface area contributed by atoms with E-state index >= 15 is 0 Å². The molecule has 2 aromatic heterocycles. The molecule has 0 N–H and O–H groups in total. The van der Waals surface area contributed by atoms with E-state index in [2.05, 4.69) is 10.1 Å². The van der Waals surface area contributed by atoms with E-state index in [1.54, 1.807) is 29.6 Å². The molecular weight excluding hydrogens is 306 g/mol. The quantitative estimate of drug-likeness (QED) is 0.795. The summed E-state index contributed by atoms with van der Waals surface area (Å²) < 4.78 is 35.6. The van der Waals surface area contributed by atoms with Crippen LogP contribution in [0, 0.1) is 0 Å².